The molecule has 0 saturated carbocycles. The number of carbonyl (C=O) groups excluding carboxylic acids is 2. The first kappa shape index (κ1) is 17.4. The Kier molecular flexibility index (Phi) is 6.29. The van der Waals surface area contributed by atoms with Crippen LogP contribution in [0.25, 0.3) is 6.08 Å². The number of halogens is 1. The zero-order valence-electron chi connectivity index (χ0n) is 12.5. The zero-order chi connectivity index (χ0) is 17.4. The summed E-state index contributed by atoms with van der Waals surface area (Å²) in [5.41, 5.74) is 1.91. The first-order valence-corrected chi connectivity index (χ1v) is 7.76. The predicted molar refractivity (Wildman–Crippen MR) is 93.9 cm³/mol. The van der Waals surface area contributed by atoms with E-state index in [2.05, 4.69) is 21.2 Å². The zero-order valence-corrected chi connectivity index (χ0v) is 14.1. The standard InChI is InChI=1S/C18H13BrN2O3/c19-15-6-8-16(9-7-15)21-17(22)12-24-18(23)10-5-13-1-3-14(11-20)4-2-13/h1-10H,12H2,(H,21,22)/b10-5+. The highest BCUT2D eigenvalue weighted by Gasteiger charge is 2.05. The summed E-state index contributed by atoms with van der Waals surface area (Å²) in [5, 5.41) is 11.3. The minimum absolute atomic E-state index is 0.368. The number of nitriles is 1. The second-order valence-corrected chi connectivity index (χ2v) is 5.65. The Morgan fingerprint density at radius 1 is 1.12 bits per heavy atom. The lowest BCUT2D eigenvalue weighted by Gasteiger charge is -2.05. The molecule has 0 aromatic heterocycles. The minimum Gasteiger partial charge on any atom is -0.452 e. The summed E-state index contributed by atoms with van der Waals surface area (Å²) in [6.07, 6.45) is 2.78. The average Bonchev–Trinajstić information content (AvgIpc) is 2.60. The molecule has 0 atom stereocenters. The van der Waals surface area contributed by atoms with Gasteiger partial charge in [-0.25, -0.2) is 4.79 Å². The molecule has 6 heteroatoms. The third-order valence-corrected chi connectivity index (χ3v) is 3.45. The molecular weight excluding hydrogens is 372 g/mol. The van der Waals surface area contributed by atoms with E-state index in [1.165, 1.54) is 6.08 Å². The second-order valence-electron chi connectivity index (χ2n) is 4.73. The van der Waals surface area contributed by atoms with Gasteiger partial charge in [-0.05, 0) is 48.0 Å². The van der Waals surface area contributed by atoms with Crippen molar-refractivity contribution in [3.63, 3.8) is 0 Å². The lowest BCUT2D eigenvalue weighted by atomic mass is 10.1. The molecule has 120 valence electrons. The summed E-state index contributed by atoms with van der Waals surface area (Å²) in [5.74, 6) is -1.04. The molecule has 24 heavy (non-hydrogen) atoms. The van der Waals surface area contributed by atoms with Crippen LogP contribution in [0.4, 0.5) is 5.69 Å². The van der Waals surface area contributed by atoms with E-state index in [1.54, 1.807) is 54.6 Å². The molecule has 0 bridgehead atoms. The Balaban J connectivity index is 1.79. The number of carbonyl (C=O) groups is 2. The van der Waals surface area contributed by atoms with Crippen molar-refractivity contribution in [2.75, 3.05) is 11.9 Å². The van der Waals surface area contributed by atoms with Gasteiger partial charge in [0.25, 0.3) is 5.91 Å². The lowest BCUT2D eigenvalue weighted by molar-refractivity contribution is -0.142. The number of anilines is 1. The van der Waals surface area contributed by atoms with Crippen LogP contribution >= 0.6 is 15.9 Å². The Labute approximate surface area is 147 Å². The average molecular weight is 385 g/mol. The SMILES string of the molecule is N#Cc1ccc(/C=C/C(=O)OCC(=O)Nc2ccc(Br)cc2)cc1. The van der Waals surface area contributed by atoms with Gasteiger partial charge in [-0.15, -0.1) is 0 Å². The molecule has 0 fully saturated rings. The van der Waals surface area contributed by atoms with Crippen molar-refractivity contribution in [3.8, 4) is 6.07 Å². The lowest BCUT2D eigenvalue weighted by Crippen LogP contribution is -2.20. The third-order valence-electron chi connectivity index (χ3n) is 2.93. The molecule has 0 radical (unpaired) electrons. The van der Waals surface area contributed by atoms with E-state index in [4.69, 9.17) is 10.00 Å². The van der Waals surface area contributed by atoms with Gasteiger partial charge in [0.1, 0.15) is 0 Å². The molecule has 0 aliphatic carbocycles. The van der Waals surface area contributed by atoms with Crippen LogP contribution in [0.3, 0.4) is 0 Å². The molecule has 0 saturated heterocycles. The third kappa shape index (κ3) is 5.71. The van der Waals surface area contributed by atoms with Gasteiger partial charge in [0, 0.05) is 16.2 Å². The maximum absolute atomic E-state index is 11.7. The quantitative estimate of drug-likeness (QED) is 0.631. The number of rotatable bonds is 5. The van der Waals surface area contributed by atoms with E-state index >= 15 is 0 Å². The largest absolute Gasteiger partial charge is 0.452 e. The minimum atomic E-state index is -0.620. The van der Waals surface area contributed by atoms with Crippen LogP contribution in [0.15, 0.2) is 59.1 Å². The van der Waals surface area contributed by atoms with E-state index in [0.29, 0.717) is 11.3 Å². The molecule has 0 aliphatic heterocycles. The van der Waals surface area contributed by atoms with Gasteiger partial charge in [-0.1, -0.05) is 28.1 Å². The van der Waals surface area contributed by atoms with Crippen molar-refractivity contribution in [2.45, 2.75) is 0 Å². The van der Waals surface area contributed by atoms with Gasteiger partial charge in [-0.2, -0.15) is 5.26 Å². The summed E-state index contributed by atoms with van der Waals surface area (Å²) >= 11 is 3.30. The van der Waals surface area contributed by atoms with Gasteiger partial charge in [0.05, 0.1) is 11.6 Å². The summed E-state index contributed by atoms with van der Waals surface area (Å²) in [4.78, 5) is 23.3. The van der Waals surface area contributed by atoms with Crippen LogP contribution in [0.5, 0.6) is 0 Å². The molecule has 5 nitrogen and oxygen atoms in total. The monoisotopic (exact) mass is 384 g/mol. The van der Waals surface area contributed by atoms with Gasteiger partial charge in [0.2, 0.25) is 0 Å². The molecule has 0 heterocycles. The fraction of sp³-hybridized carbons (Fsp3) is 0.0556. The number of benzene rings is 2. The van der Waals surface area contributed by atoms with Crippen molar-refractivity contribution in [3.05, 3.63) is 70.2 Å². The van der Waals surface area contributed by atoms with E-state index in [1.807, 2.05) is 6.07 Å². The summed E-state index contributed by atoms with van der Waals surface area (Å²) in [6, 6.07) is 15.8. The molecule has 1 amide bonds. The molecule has 2 rings (SSSR count). The Morgan fingerprint density at radius 3 is 2.42 bits per heavy atom. The number of ether oxygens (including phenoxy) is 1. The molecule has 0 aliphatic rings. The maximum atomic E-state index is 11.7. The van der Waals surface area contributed by atoms with Crippen LogP contribution < -0.4 is 5.32 Å². The molecule has 2 aromatic carbocycles. The summed E-state index contributed by atoms with van der Waals surface area (Å²) in [6.45, 7) is -0.368. The highest BCUT2D eigenvalue weighted by Crippen LogP contribution is 2.13. The highest BCUT2D eigenvalue weighted by atomic mass is 79.9. The Morgan fingerprint density at radius 2 is 1.79 bits per heavy atom. The van der Waals surface area contributed by atoms with Crippen molar-refractivity contribution in [1.29, 1.82) is 5.26 Å². The summed E-state index contributed by atoms with van der Waals surface area (Å²) < 4.78 is 5.77. The van der Waals surface area contributed by atoms with Gasteiger partial charge >= 0.3 is 5.97 Å². The van der Waals surface area contributed by atoms with E-state index in [0.717, 1.165) is 10.0 Å². The molecular formula is C18H13BrN2O3. The van der Waals surface area contributed by atoms with Gasteiger partial charge in [0.15, 0.2) is 6.61 Å². The topological polar surface area (TPSA) is 79.2 Å². The van der Waals surface area contributed by atoms with E-state index < -0.39 is 11.9 Å². The van der Waals surface area contributed by atoms with Crippen molar-refractivity contribution < 1.29 is 14.3 Å². The van der Waals surface area contributed by atoms with Crippen LogP contribution in [0.2, 0.25) is 0 Å². The predicted octanol–water partition coefficient (Wildman–Crippen LogP) is 3.52. The number of hydrogen-bond donors (Lipinski definition) is 1. The Hall–Kier alpha value is -2.91. The molecule has 0 spiro atoms. The molecule has 0 unspecified atom stereocenters. The van der Waals surface area contributed by atoms with Crippen molar-refractivity contribution in [1.82, 2.24) is 0 Å². The van der Waals surface area contributed by atoms with Crippen molar-refractivity contribution in [2.24, 2.45) is 0 Å². The second kappa shape index (κ2) is 8.65. The number of esters is 1. The van der Waals surface area contributed by atoms with Gasteiger partial charge < -0.3 is 10.1 Å². The number of nitrogens with one attached hydrogen (secondary N) is 1. The fourth-order valence-electron chi connectivity index (χ4n) is 1.75. The van der Waals surface area contributed by atoms with Crippen LogP contribution in [0, 0.1) is 11.3 Å². The highest BCUT2D eigenvalue weighted by molar-refractivity contribution is 9.10. The Bertz CT molecular complexity index is 791. The number of amides is 1. The van der Waals surface area contributed by atoms with E-state index in [9.17, 15) is 9.59 Å². The smallest absolute Gasteiger partial charge is 0.331 e. The number of hydrogen-bond acceptors (Lipinski definition) is 4. The first-order valence-electron chi connectivity index (χ1n) is 6.97. The maximum Gasteiger partial charge on any atom is 0.331 e. The molecule has 2 aromatic rings. The van der Waals surface area contributed by atoms with Crippen LogP contribution in [-0.2, 0) is 14.3 Å². The van der Waals surface area contributed by atoms with Crippen LogP contribution in [-0.4, -0.2) is 18.5 Å². The van der Waals surface area contributed by atoms with Gasteiger partial charge in [-0.3, -0.25) is 4.79 Å². The summed E-state index contributed by atoms with van der Waals surface area (Å²) in [7, 11) is 0. The van der Waals surface area contributed by atoms with Crippen LogP contribution in [0.1, 0.15) is 11.1 Å². The number of nitrogens with zero attached hydrogens (tertiary/aromatic N) is 1. The van der Waals surface area contributed by atoms with E-state index in [-0.39, 0.29) is 6.61 Å². The normalized spacial score (nSPS) is 10.2. The molecule has 1 N–H and O–H groups in total. The fourth-order valence-corrected chi connectivity index (χ4v) is 2.01. The first-order chi connectivity index (χ1) is 11.6. The van der Waals surface area contributed by atoms with Crippen molar-refractivity contribution >= 4 is 39.6 Å².